The van der Waals surface area contributed by atoms with E-state index in [1.54, 1.807) is 7.11 Å². The molecule has 0 atom stereocenters. The smallest absolute Gasteiger partial charge is 0.142 e. The molecule has 1 heterocycles. The number of nitrogens with one attached hydrogen (secondary N) is 1. The van der Waals surface area contributed by atoms with E-state index in [4.69, 9.17) is 4.74 Å². The number of rotatable bonds is 5. The van der Waals surface area contributed by atoms with E-state index in [0.29, 0.717) is 0 Å². The van der Waals surface area contributed by atoms with Crippen LogP contribution in [0, 0.1) is 0 Å². The van der Waals surface area contributed by atoms with E-state index in [1.165, 1.54) is 24.1 Å². The van der Waals surface area contributed by atoms with Crippen molar-refractivity contribution in [3.05, 3.63) is 23.8 Å². The summed E-state index contributed by atoms with van der Waals surface area (Å²) in [5.74, 6) is 1.00. The maximum atomic E-state index is 5.51. The van der Waals surface area contributed by atoms with Crippen molar-refractivity contribution in [1.29, 1.82) is 0 Å². The Balaban J connectivity index is 2.15. The molecule has 1 saturated heterocycles. The third-order valence-electron chi connectivity index (χ3n) is 3.27. The standard InChI is InChI=1S/C14H22N2O/c1-3-15-11-12-6-7-13(14(10-12)17-2)16-8-4-5-9-16/h6-7,10,15H,3-5,8-9,11H2,1-2H3. The fourth-order valence-electron chi connectivity index (χ4n) is 2.32. The fraction of sp³-hybridized carbons (Fsp3) is 0.571. The van der Waals surface area contributed by atoms with Gasteiger partial charge in [0.2, 0.25) is 0 Å². The first-order valence-corrected chi connectivity index (χ1v) is 6.47. The summed E-state index contributed by atoms with van der Waals surface area (Å²) < 4.78 is 5.51. The first-order chi connectivity index (χ1) is 8.35. The van der Waals surface area contributed by atoms with Gasteiger partial charge >= 0.3 is 0 Å². The Morgan fingerprint density at radius 3 is 2.71 bits per heavy atom. The van der Waals surface area contributed by atoms with E-state index < -0.39 is 0 Å². The number of nitrogens with zero attached hydrogens (tertiary/aromatic N) is 1. The molecule has 0 unspecified atom stereocenters. The molecule has 0 spiro atoms. The minimum Gasteiger partial charge on any atom is -0.495 e. The van der Waals surface area contributed by atoms with Gasteiger partial charge in [-0.15, -0.1) is 0 Å². The topological polar surface area (TPSA) is 24.5 Å². The van der Waals surface area contributed by atoms with Crippen molar-refractivity contribution < 1.29 is 4.74 Å². The molecule has 94 valence electrons. The molecular formula is C14H22N2O. The second-order valence-corrected chi connectivity index (χ2v) is 4.48. The molecule has 1 aliphatic heterocycles. The summed E-state index contributed by atoms with van der Waals surface area (Å²) in [6, 6.07) is 6.53. The monoisotopic (exact) mass is 234 g/mol. The van der Waals surface area contributed by atoms with E-state index in [0.717, 1.165) is 31.9 Å². The summed E-state index contributed by atoms with van der Waals surface area (Å²) in [6.45, 7) is 6.34. The van der Waals surface area contributed by atoms with E-state index >= 15 is 0 Å². The van der Waals surface area contributed by atoms with Gasteiger partial charge in [-0.3, -0.25) is 0 Å². The molecule has 1 N–H and O–H groups in total. The van der Waals surface area contributed by atoms with Crippen LogP contribution in [0.3, 0.4) is 0 Å². The number of methoxy groups -OCH3 is 1. The van der Waals surface area contributed by atoms with Crippen LogP contribution in [-0.2, 0) is 6.54 Å². The van der Waals surface area contributed by atoms with Gasteiger partial charge < -0.3 is 15.0 Å². The normalized spacial score (nSPS) is 15.3. The van der Waals surface area contributed by atoms with Crippen LogP contribution in [0.25, 0.3) is 0 Å². The van der Waals surface area contributed by atoms with Crippen molar-refractivity contribution in [3.8, 4) is 5.75 Å². The van der Waals surface area contributed by atoms with E-state index in [9.17, 15) is 0 Å². The number of anilines is 1. The molecule has 0 aromatic heterocycles. The number of hydrogen-bond acceptors (Lipinski definition) is 3. The molecule has 1 aromatic carbocycles. The predicted octanol–water partition coefficient (Wildman–Crippen LogP) is 2.40. The van der Waals surface area contributed by atoms with Gasteiger partial charge in [0.1, 0.15) is 5.75 Å². The molecule has 1 aliphatic rings. The minimum absolute atomic E-state index is 0.910. The number of benzene rings is 1. The molecule has 0 saturated carbocycles. The molecule has 1 fully saturated rings. The molecule has 3 heteroatoms. The van der Waals surface area contributed by atoms with Crippen LogP contribution in [-0.4, -0.2) is 26.7 Å². The molecule has 2 rings (SSSR count). The second kappa shape index (κ2) is 5.92. The van der Waals surface area contributed by atoms with Crippen LogP contribution in [0.1, 0.15) is 25.3 Å². The van der Waals surface area contributed by atoms with Crippen molar-refractivity contribution >= 4 is 5.69 Å². The zero-order valence-corrected chi connectivity index (χ0v) is 10.8. The van der Waals surface area contributed by atoms with Crippen LogP contribution in [0.4, 0.5) is 5.69 Å². The van der Waals surface area contributed by atoms with Crippen molar-refractivity contribution in [2.45, 2.75) is 26.3 Å². The third kappa shape index (κ3) is 2.91. The Labute approximate surface area is 104 Å². The summed E-state index contributed by atoms with van der Waals surface area (Å²) in [5, 5.41) is 3.34. The van der Waals surface area contributed by atoms with E-state index in [-0.39, 0.29) is 0 Å². The second-order valence-electron chi connectivity index (χ2n) is 4.48. The SMILES string of the molecule is CCNCc1ccc(N2CCCC2)c(OC)c1. The Bertz CT molecular complexity index is 359. The largest absolute Gasteiger partial charge is 0.495 e. The quantitative estimate of drug-likeness (QED) is 0.846. The van der Waals surface area contributed by atoms with Gasteiger partial charge in [-0.05, 0) is 37.1 Å². The molecule has 0 bridgehead atoms. The van der Waals surface area contributed by atoms with Gasteiger partial charge in [0, 0.05) is 19.6 Å². The van der Waals surface area contributed by atoms with E-state index in [1.807, 2.05) is 0 Å². The molecule has 17 heavy (non-hydrogen) atoms. The van der Waals surface area contributed by atoms with Gasteiger partial charge in [-0.2, -0.15) is 0 Å². The Kier molecular flexibility index (Phi) is 4.26. The van der Waals surface area contributed by atoms with Crippen LogP contribution < -0.4 is 15.0 Å². The van der Waals surface area contributed by atoms with Gasteiger partial charge in [0.05, 0.1) is 12.8 Å². The van der Waals surface area contributed by atoms with Crippen molar-refractivity contribution in [2.24, 2.45) is 0 Å². The fourth-order valence-corrected chi connectivity index (χ4v) is 2.32. The van der Waals surface area contributed by atoms with Gasteiger partial charge in [-0.1, -0.05) is 13.0 Å². The summed E-state index contributed by atoms with van der Waals surface area (Å²) in [4.78, 5) is 2.41. The lowest BCUT2D eigenvalue weighted by Gasteiger charge is -2.21. The number of hydrogen-bond donors (Lipinski definition) is 1. The highest BCUT2D eigenvalue weighted by Crippen LogP contribution is 2.31. The lowest BCUT2D eigenvalue weighted by molar-refractivity contribution is 0.414. The highest BCUT2D eigenvalue weighted by Gasteiger charge is 2.16. The minimum atomic E-state index is 0.910. The molecule has 3 nitrogen and oxygen atoms in total. The number of ether oxygens (including phenoxy) is 1. The maximum absolute atomic E-state index is 5.51. The Morgan fingerprint density at radius 2 is 2.06 bits per heavy atom. The van der Waals surface area contributed by atoms with Crippen LogP contribution >= 0.6 is 0 Å². The highest BCUT2D eigenvalue weighted by atomic mass is 16.5. The lowest BCUT2D eigenvalue weighted by Crippen LogP contribution is -2.19. The molecule has 0 aliphatic carbocycles. The van der Waals surface area contributed by atoms with Crippen molar-refractivity contribution in [3.63, 3.8) is 0 Å². The molecule has 0 radical (unpaired) electrons. The van der Waals surface area contributed by atoms with Crippen molar-refractivity contribution in [1.82, 2.24) is 5.32 Å². The van der Waals surface area contributed by atoms with Crippen molar-refractivity contribution in [2.75, 3.05) is 31.6 Å². The zero-order valence-electron chi connectivity index (χ0n) is 10.8. The zero-order chi connectivity index (χ0) is 12.1. The maximum Gasteiger partial charge on any atom is 0.142 e. The average Bonchev–Trinajstić information content (AvgIpc) is 2.89. The predicted molar refractivity (Wildman–Crippen MR) is 71.8 cm³/mol. The third-order valence-corrected chi connectivity index (χ3v) is 3.27. The van der Waals surface area contributed by atoms with Gasteiger partial charge in [0.15, 0.2) is 0 Å². The van der Waals surface area contributed by atoms with Gasteiger partial charge in [0.25, 0.3) is 0 Å². The van der Waals surface area contributed by atoms with Crippen LogP contribution in [0.5, 0.6) is 5.75 Å². The summed E-state index contributed by atoms with van der Waals surface area (Å²) >= 11 is 0. The van der Waals surface area contributed by atoms with Crippen LogP contribution in [0.15, 0.2) is 18.2 Å². The molecule has 1 aromatic rings. The van der Waals surface area contributed by atoms with Crippen LogP contribution in [0.2, 0.25) is 0 Å². The average molecular weight is 234 g/mol. The first-order valence-electron chi connectivity index (χ1n) is 6.47. The molecule has 0 amide bonds. The summed E-state index contributed by atoms with van der Waals surface area (Å²) in [5.41, 5.74) is 2.52. The van der Waals surface area contributed by atoms with E-state index in [2.05, 4.69) is 35.3 Å². The lowest BCUT2D eigenvalue weighted by atomic mass is 10.1. The molecular weight excluding hydrogens is 212 g/mol. The van der Waals surface area contributed by atoms with Gasteiger partial charge in [-0.25, -0.2) is 0 Å². The Hall–Kier alpha value is -1.22. The summed E-state index contributed by atoms with van der Waals surface area (Å²) in [6.07, 6.45) is 2.59. The Morgan fingerprint density at radius 1 is 1.29 bits per heavy atom. The highest BCUT2D eigenvalue weighted by molar-refractivity contribution is 5.60. The summed E-state index contributed by atoms with van der Waals surface area (Å²) in [7, 11) is 1.76. The first kappa shape index (κ1) is 12.2.